The number of rotatable bonds is 8. The number of hydrogen-bond acceptors (Lipinski definition) is 6. The normalized spacial score (nSPS) is 10.7. The second-order valence-electron chi connectivity index (χ2n) is 9.06. The summed E-state index contributed by atoms with van der Waals surface area (Å²) in [6.45, 7) is 7.41. The van der Waals surface area contributed by atoms with Gasteiger partial charge in [-0.2, -0.15) is 0 Å². The summed E-state index contributed by atoms with van der Waals surface area (Å²) in [7, 11) is 0. The highest BCUT2D eigenvalue weighted by Gasteiger charge is 2.18. The number of ketones is 2. The minimum atomic E-state index is -0.274. The van der Waals surface area contributed by atoms with Crippen LogP contribution in [0.5, 0.6) is 23.0 Å². The third-order valence-corrected chi connectivity index (χ3v) is 6.13. The van der Waals surface area contributed by atoms with Crippen LogP contribution in [0, 0.1) is 27.7 Å². The summed E-state index contributed by atoms with van der Waals surface area (Å²) < 4.78 is 11.1. The molecule has 6 nitrogen and oxygen atoms in total. The average molecular weight is 497 g/mol. The Labute approximate surface area is 215 Å². The lowest BCUT2D eigenvalue weighted by Crippen LogP contribution is -2.08. The van der Waals surface area contributed by atoms with Gasteiger partial charge in [0.25, 0.3) is 0 Å². The maximum absolute atomic E-state index is 12.9. The van der Waals surface area contributed by atoms with Gasteiger partial charge >= 0.3 is 0 Å². The molecule has 37 heavy (non-hydrogen) atoms. The molecule has 0 atom stereocenters. The zero-order valence-corrected chi connectivity index (χ0v) is 21.2. The Morgan fingerprint density at radius 1 is 0.568 bits per heavy atom. The first kappa shape index (κ1) is 25.5. The molecule has 0 spiro atoms. The van der Waals surface area contributed by atoms with Crippen molar-refractivity contribution in [3.63, 3.8) is 0 Å². The summed E-state index contributed by atoms with van der Waals surface area (Å²) in [6.07, 6.45) is 0. The van der Waals surface area contributed by atoms with Crippen molar-refractivity contribution in [2.75, 3.05) is 6.79 Å². The van der Waals surface area contributed by atoms with E-state index in [-0.39, 0.29) is 41.0 Å². The van der Waals surface area contributed by atoms with Crippen LogP contribution in [-0.4, -0.2) is 28.6 Å². The van der Waals surface area contributed by atoms with Crippen LogP contribution in [0.3, 0.4) is 0 Å². The second kappa shape index (κ2) is 10.6. The molecule has 188 valence electrons. The number of ether oxygens (including phenoxy) is 2. The van der Waals surface area contributed by atoms with Crippen molar-refractivity contribution in [2.45, 2.75) is 27.7 Å². The van der Waals surface area contributed by atoms with Crippen LogP contribution >= 0.6 is 0 Å². The minimum Gasteiger partial charge on any atom is -0.507 e. The molecule has 4 rings (SSSR count). The van der Waals surface area contributed by atoms with Gasteiger partial charge in [0.2, 0.25) is 6.79 Å². The summed E-state index contributed by atoms with van der Waals surface area (Å²) in [6, 6.07) is 19.9. The van der Waals surface area contributed by atoms with E-state index < -0.39 is 0 Å². The van der Waals surface area contributed by atoms with Gasteiger partial charge in [0.1, 0.15) is 23.0 Å². The van der Waals surface area contributed by atoms with E-state index in [0.29, 0.717) is 22.6 Å². The number of phenols is 2. The van der Waals surface area contributed by atoms with Gasteiger partial charge in [-0.3, -0.25) is 9.59 Å². The molecule has 0 unspecified atom stereocenters. The van der Waals surface area contributed by atoms with Crippen LogP contribution in [0.25, 0.3) is 0 Å². The molecular formula is C31H28O6. The minimum absolute atomic E-state index is 0.175. The molecule has 0 amide bonds. The van der Waals surface area contributed by atoms with Crippen LogP contribution in [0.2, 0.25) is 0 Å². The van der Waals surface area contributed by atoms with E-state index in [1.54, 1.807) is 24.3 Å². The molecule has 0 fully saturated rings. The van der Waals surface area contributed by atoms with E-state index in [0.717, 1.165) is 22.3 Å². The molecule has 6 heteroatoms. The third-order valence-electron chi connectivity index (χ3n) is 6.13. The van der Waals surface area contributed by atoms with Crippen LogP contribution in [0.1, 0.15) is 54.1 Å². The molecule has 4 aromatic rings. The molecule has 0 heterocycles. The third kappa shape index (κ3) is 5.64. The number of hydrogen-bond donors (Lipinski definition) is 2. The van der Waals surface area contributed by atoms with Gasteiger partial charge in [0.15, 0.2) is 11.6 Å². The van der Waals surface area contributed by atoms with E-state index in [2.05, 4.69) is 0 Å². The highest BCUT2D eigenvalue weighted by molar-refractivity contribution is 6.12. The van der Waals surface area contributed by atoms with Gasteiger partial charge < -0.3 is 19.7 Å². The number of aromatic hydroxyl groups is 2. The number of carbonyl (C=O) groups is 2. The lowest BCUT2D eigenvalue weighted by Gasteiger charge is -2.12. The number of carbonyl (C=O) groups excluding carboxylic acids is 2. The number of aryl methyl sites for hydroxylation is 4. The van der Waals surface area contributed by atoms with Gasteiger partial charge in [0, 0.05) is 23.3 Å². The Balaban J connectivity index is 1.40. The lowest BCUT2D eigenvalue weighted by atomic mass is 9.97. The topological polar surface area (TPSA) is 93.1 Å². The van der Waals surface area contributed by atoms with Crippen molar-refractivity contribution < 1.29 is 29.3 Å². The second-order valence-corrected chi connectivity index (χ2v) is 9.06. The standard InChI is InChI=1S/C31H28O6/c1-18-5-9-24(20(3)13-18)30(34)26-11-7-22(15-28(26)32)36-17-37-23-8-12-27(29(33)16-23)31(35)25-10-6-19(2)14-21(25)4/h5-16,32-33H,17H2,1-4H3. The zero-order valence-electron chi connectivity index (χ0n) is 21.2. The maximum atomic E-state index is 12.9. The molecule has 4 aromatic carbocycles. The molecule has 0 aliphatic carbocycles. The Hall–Kier alpha value is -4.58. The van der Waals surface area contributed by atoms with E-state index in [4.69, 9.17) is 9.47 Å². The first-order valence-corrected chi connectivity index (χ1v) is 11.8. The number of benzene rings is 4. The Morgan fingerprint density at radius 3 is 1.30 bits per heavy atom. The molecular weight excluding hydrogens is 468 g/mol. The zero-order chi connectivity index (χ0) is 26.7. The van der Waals surface area contributed by atoms with Gasteiger partial charge in [-0.25, -0.2) is 0 Å². The maximum Gasteiger partial charge on any atom is 0.230 e. The molecule has 0 radical (unpaired) electrons. The Morgan fingerprint density at radius 2 is 0.946 bits per heavy atom. The van der Waals surface area contributed by atoms with Crippen molar-refractivity contribution in [3.05, 3.63) is 117 Å². The summed E-state index contributed by atoms with van der Waals surface area (Å²) in [5, 5.41) is 20.9. The fourth-order valence-corrected chi connectivity index (χ4v) is 4.18. The van der Waals surface area contributed by atoms with E-state index >= 15 is 0 Å². The SMILES string of the molecule is Cc1ccc(C(=O)c2ccc(OCOc3ccc(C(=O)c4ccc(C)cc4C)c(O)c3)cc2O)c(C)c1. The van der Waals surface area contributed by atoms with Crippen molar-refractivity contribution in [2.24, 2.45) is 0 Å². The monoisotopic (exact) mass is 496 g/mol. The van der Waals surface area contributed by atoms with Gasteiger partial charge in [-0.15, -0.1) is 0 Å². The van der Waals surface area contributed by atoms with Gasteiger partial charge in [0.05, 0.1) is 11.1 Å². The van der Waals surface area contributed by atoms with Crippen molar-refractivity contribution >= 4 is 11.6 Å². The summed E-state index contributed by atoms with van der Waals surface area (Å²) in [5.41, 5.74) is 5.18. The average Bonchev–Trinajstić information content (AvgIpc) is 2.83. The first-order valence-electron chi connectivity index (χ1n) is 11.8. The van der Waals surface area contributed by atoms with E-state index in [1.165, 1.54) is 24.3 Å². The molecule has 2 N–H and O–H groups in total. The van der Waals surface area contributed by atoms with Crippen LogP contribution in [-0.2, 0) is 0 Å². The predicted molar refractivity (Wildman–Crippen MR) is 141 cm³/mol. The molecule has 0 saturated carbocycles. The quantitative estimate of drug-likeness (QED) is 0.223. The van der Waals surface area contributed by atoms with Crippen LogP contribution in [0.4, 0.5) is 0 Å². The predicted octanol–water partition coefficient (Wildman–Crippen LogP) is 6.21. The van der Waals surface area contributed by atoms with E-state index in [9.17, 15) is 19.8 Å². The lowest BCUT2D eigenvalue weighted by molar-refractivity contribution is 0.102. The van der Waals surface area contributed by atoms with E-state index in [1.807, 2.05) is 52.0 Å². The number of phenolic OH excluding ortho intramolecular Hbond substituents is 2. The van der Waals surface area contributed by atoms with Crippen LogP contribution < -0.4 is 9.47 Å². The fourth-order valence-electron chi connectivity index (χ4n) is 4.18. The summed E-state index contributed by atoms with van der Waals surface area (Å²) in [4.78, 5) is 25.7. The molecule has 0 bridgehead atoms. The highest BCUT2D eigenvalue weighted by atomic mass is 16.7. The van der Waals surface area contributed by atoms with Crippen molar-refractivity contribution in [1.29, 1.82) is 0 Å². The van der Waals surface area contributed by atoms with Crippen molar-refractivity contribution in [1.82, 2.24) is 0 Å². The van der Waals surface area contributed by atoms with Crippen LogP contribution in [0.15, 0.2) is 72.8 Å². The largest absolute Gasteiger partial charge is 0.507 e. The Bertz CT molecular complexity index is 1390. The molecule has 0 saturated heterocycles. The summed E-state index contributed by atoms with van der Waals surface area (Å²) >= 11 is 0. The van der Waals surface area contributed by atoms with Gasteiger partial charge in [-0.05, 0) is 63.1 Å². The van der Waals surface area contributed by atoms with Crippen molar-refractivity contribution in [3.8, 4) is 23.0 Å². The summed E-state index contributed by atoms with van der Waals surface area (Å²) in [5.74, 6) is -0.336. The molecule has 0 aromatic heterocycles. The molecule has 0 aliphatic rings. The fraction of sp³-hybridized carbons (Fsp3) is 0.161. The van der Waals surface area contributed by atoms with Gasteiger partial charge in [-0.1, -0.05) is 47.5 Å². The highest BCUT2D eigenvalue weighted by Crippen LogP contribution is 2.29. The smallest absolute Gasteiger partial charge is 0.230 e. The Kier molecular flexibility index (Phi) is 7.30. The molecule has 0 aliphatic heterocycles. The first-order chi connectivity index (χ1) is 17.6.